The number of rotatable bonds is 18. The zero-order valence-corrected chi connectivity index (χ0v) is 49.3. The molecule has 21 heteroatoms. The molecule has 4 N–H and O–H groups in total. The molecule has 2 atom stereocenters. The number of nitro groups is 1. The van der Waals surface area contributed by atoms with Crippen molar-refractivity contribution in [3.63, 3.8) is 0 Å². The predicted molar refractivity (Wildman–Crippen MR) is 326 cm³/mol. The summed E-state index contributed by atoms with van der Waals surface area (Å²) < 4.78 is 36.5. The Labute approximate surface area is 499 Å². The van der Waals surface area contributed by atoms with Crippen molar-refractivity contribution in [2.45, 2.75) is 95.5 Å². The van der Waals surface area contributed by atoms with Crippen molar-refractivity contribution >= 4 is 78.9 Å². The molecule has 0 radical (unpaired) electrons. The number of nitrogens with one attached hydrogen (secondary N) is 4. The van der Waals surface area contributed by atoms with E-state index in [4.69, 9.17) is 16.3 Å². The van der Waals surface area contributed by atoms with Crippen LogP contribution >= 0.6 is 11.6 Å². The van der Waals surface area contributed by atoms with Crippen molar-refractivity contribution in [2.75, 3.05) is 69.1 Å². The molecule has 11 rings (SSSR count). The number of piperazine rings is 1. The first-order chi connectivity index (χ1) is 40.9. The highest BCUT2D eigenvalue weighted by molar-refractivity contribution is 7.90. The number of aromatic nitrogens is 2. The number of nitrogens with zero attached hydrogens (tertiary/aromatic N) is 6. The SMILES string of the molecule is CC1(C)CCC(CN2CCN(c3ccc(C(=O)NS(=O)(=O)c4ccc(NCC5CCCN(CCCCC#Cc6ccc7c(c6)CN(C6CCC(=O)NC6=O)C7=O)C5)c([N+](=O)[O-])c4)c(Oc4cnc5[nH]ccc5c4)c3)CC2)=C(c2ccc(Cl)cc2)C1. The minimum Gasteiger partial charge on any atom is -0.455 e. The van der Waals surface area contributed by atoms with Gasteiger partial charge in [0, 0.05) is 111 Å². The third kappa shape index (κ3) is 13.9. The second kappa shape index (κ2) is 25.2. The van der Waals surface area contributed by atoms with E-state index in [1.807, 2.05) is 30.3 Å². The van der Waals surface area contributed by atoms with Crippen molar-refractivity contribution in [2.24, 2.45) is 11.3 Å². The first-order valence-electron chi connectivity index (χ1n) is 29.2. The molecule has 0 spiro atoms. The molecule has 0 saturated carbocycles. The number of nitro benzene ring substituents is 1. The summed E-state index contributed by atoms with van der Waals surface area (Å²) in [4.78, 5) is 78.9. The van der Waals surface area contributed by atoms with Gasteiger partial charge >= 0.3 is 0 Å². The van der Waals surface area contributed by atoms with E-state index in [-0.39, 0.29) is 46.6 Å². The van der Waals surface area contributed by atoms with E-state index in [9.17, 15) is 37.7 Å². The number of likely N-dealkylation sites (tertiary alicyclic amines) is 1. The number of aromatic amines is 1. The van der Waals surface area contributed by atoms with E-state index >= 15 is 0 Å². The van der Waals surface area contributed by atoms with Gasteiger partial charge in [0.2, 0.25) is 11.8 Å². The lowest BCUT2D eigenvalue weighted by Crippen LogP contribution is -2.52. The zero-order valence-electron chi connectivity index (χ0n) is 47.8. The summed E-state index contributed by atoms with van der Waals surface area (Å²) in [7, 11) is -4.63. The summed E-state index contributed by atoms with van der Waals surface area (Å²) in [5, 5.41) is 19.6. The summed E-state index contributed by atoms with van der Waals surface area (Å²) in [6, 6.07) is 25.2. The van der Waals surface area contributed by atoms with Crippen molar-refractivity contribution in [1.82, 2.24) is 34.7 Å². The number of benzene rings is 4. The molecule has 1 aliphatic carbocycles. The van der Waals surface area contributed by atoms with Crippen LogP contribution < -0.4 is 25.0 Å². The van der Waals surface area contributed by atoms with Gasteiger partial charge in [-0.1, -0.05) is 55.0 Å². The van der Waals surface area contributed by atoms with Crippen LogP contribution in [-0.2, 0) is 26.2 Å². The van der Waals surface area contributed by atoms with E-state index in [0.29, 0.717) is 56.0 Å². The molecular weight excluding hydrogens is 1120 g/mol. The molecule has 5 aliphatic rings. The molecule has 4 aliphatic heterocycles. The predicted octanol–water partition coefficient (Wildman–Crippen LogP) is 9.93. The lowest BCUT2D eigenvalue weighted by molar-refractivity contribution is -0.384. The van der Waals surface area contributed by atoms with Gasteiger partial charge in [-0.2, -0.15) is 0 Å². The first kappa shape index (κ1) is 58.7. The molecule has 3 fully saturated rings. The number of anilines is 2. The summed E-state index contributed by atoms with van der Waals surface area (Å²) in [5.41, 5.74) is 7.56. The molecular formula is C64H69ClN10O9S. The molecule has 6 aromatic rings. The average Bonchev–Trinajstić information content (AvgIpc) is 2.50. The first-order valence-corrected chi connectivity index (χ1v) is 31.1. The van der Waals surface area contributed by atoms with Crippen LogP contribution in [0.25, 0.3) is 16.6 Å². The second-order valence-corrected chi connectivity index (χ2v) is 25.8. The van der Waals surface area contributed by atoms with Gasteiger partial charge in [-0.05, 0) is 159 Å². The number of allylic oxidation sites excluding steroid dienone is 1. The molecule has 4 amide bonds. The van der Waals surface area contributed by atoms with Crippen LogP contribution in [0.15, 0.2) is 114 Å². The number of hydrogen-bond donors (Lipinski definition) is 4. The van der Waals surface area contributed by atoms with Crippen molar-refractivity contribution in [3.05, 3.63) is 152 Å². The van der Waals surface area contributed by atoms with E-state index in [0.717, 1.165) is 118 Å². The monoisotopic (exact) mass is 1190 g/mol. The Balaban J connectivity index is 0.691. The Morgan fingerprint density at radius 2 is 1.75 bits per heavy atom. The van der Waals surface area contributed by atoms with Crippen molar-refractivity contribution in [3.8, 4) is 23.3 Å². The Hall–Kier alpha value is -8.09. The molecule has 3 saturated heterocycles. The Morgan fingerprint density at radius 3 is 2.55 bits per heavy atom. The molecule has 19 nitrogen and oxygen atoms in total. The van der Waals surface area contributed by atoms with Crippen molar-refractivity contribution < 1.29 is 37.3 Å². The van der Waals surface area contributed by atoms with Crippen LogP contribution in [0.5, 0.6) is 11.5 Å². The fraction of sp³-hybridized carbons (Fsp3) is 0.391. The van der Waals surface area contributed by atoms with Gasteiger partial charge < -0.3 is 29.7 Å². The molecule has 2 unspecified atom stereocenters. The van der Waals surface area contributed by atoms with Gasteiger partial charge in [0.25, 0.3) is 27.5 Å². The Kier molecular flexibility index (Phi) is 17.4. The summed E-state index contributed by atoms with van der Waals surface area (Å²) >= 11 is 6.27. The smallest absolute Gasteiger partial charge is 0.293 e. The van der Waals surface area contributed by atoms with Crippen molar-refractivity contribution in [1.29, 1.82) is 0 Å². The van der Waals surface area contributed by atoms with E-state index in [2.05, 4.69) is 77.8 Å². The minimum atomic E-state index is -4.63. The summed E-state index contributed by atoms with van der Waals surface area (Å²) in [6.07, 6.45) is 11.3. The number of piperidine rings is 2. The van der Waals surface area contributed by atoms with Gasteiger partial charge in [0.1, 0.15) is 28.9 Å². The highest BCUT2D eigenvalue weighted by atomic mass is 35.5. The average molecular weight is 1190 g/mol. The van der Waals surface area contributed by atoms with Gasteiger partial charge in [-0.15, -0.1) is 0 Å². The molecule has 6 heterocycles. The number of pyridine rings is 1. The largest absolute Gasteiger partial charge is 0.455 e. The van der Waals surface area contributed by atoms with Gasteiger partial charge in [-0.25, -0.2) is 18.1 Å². The van der Waals surface area contributed by atoms with E-state index < -0.39 is 43.4 Å². The fourth-order valence-electron chi connectivity index (χ4n) is 12.3. The molecule has 0 bridgehead atoms. The third-order valence-corrected chi connectivity index (χ3v) is 18.6. The highest BCUT2D eigenvalue weighted by Gasteiger charge is 2.39. The van der Waals surface area contributed by atoms with Crippen LogP contribution in [0.1, 0.15) is 115 Å². The van der Waals surface area contributed by atoms with Crippen LogP contribution in [-0.4, -0.2) is 127 Å². The summed E-state index contributed by atoms with van der Waals surface area (Å²) in [5.74, 6) is 5.16. The quantitative estimate of drug-likeness (QED) is 0.0206. The number of carbonyl (C=O) groups excluding carboxylic acids is 4. The maximum atomic E-state index is 14.2. The number of unbranched alkanes of at least 4 members (excludes halogenated alkanes) is 2. The van der Waals surface area contributed by atoms with Gasteiger partial charge in [0.05, 0.1) is 21.6 Å². The third-order valence-electron chi connectivity index (χ3n) is 17.0. The van der Waals surface area contributed by atoms with Crippen LogP contribution in [0, 0.1) is 33.3 Å². The zero-order chi connectivity index (χ0) is 59.4. The van der Waals surface area contributed by atoms with Crippen LogP contribution in [0.3, 0.4) is 0 Å². The van der Waals surface area contributed by atoms with Crippen LogP contribution in [0.2, 0.25) is 5.02 Å². The fourth-order valence-corrected chi connectivity index (χ4v) is 13.4. The Bertz CT molecular complexity index is 3790. The highest BCUT2D eigenvalue weighted by Crippen LogP contribution is 2.44. The number of fused-ring (bicyclic) bond motifs is 2. The number of ether oxygens (including phenoxy) is 1. The number of hydrogen-bond acceptors (Lipinski definition) is 14. The summed E-state index contributed by atoms with van der Waals surface area (Å²) in [6.45, 7) is 11.9. The number of H-pyrrole nitrogens is 1. The lowest BCUT2D eigenvalue weighted by Gasteiger charge is -2.39. The number of amides is 4. The van der Waals surface area contributed by atoms with E-state index in [1.165, 1.54) is 39.9 Å². The number of imide groups is 1. The van der Waals surface area contributed by atoms with Crippen LogP contribution in [0.4, 0.5) is 17.1 Å². The van der Waals surface area contributed by atoms with Gasteiger partial charge in [0.15, 0.2) is 0 Å². The van der Waals surface area contributed by atoms with Gasteiger partial charge in [-0.3, -0.25) is 39.5 Å². The minimum absolute atomic E-state index is 0.0555. The Morgan fingerprint density at radius 1 is 0.929 bits per heavy atom. The molecule has 2 aromatic heterocycles. The number of halogens is 1. The number of carbonyl (C=O) groups is 4. The molecule has 442 valence electrons. The lowest BCUT2D eigenvalue weighted by atomic mass is 9.72. The normalized spacial score (nSPS) is 19.3. The molecule has 85 heavy (non-hydrogen) atoms. The topological polar surface area (TPSA) is 233 Å². The molecule has 4 aromatic carbocycles. The van der Waals surface area contributed by atoms with E-state index in [1.54, 1.807) is 36.5 Å². The second-order valence-electron chi connectivity index (χ2n) is 23.7. The maximum Gasteiger partial charge on any atom is 0.293 e. The number of sulfonamides is 1. The standard InChI is InChI=1S/C64H69ClN10O9S/c1-64(2)24-22-46(54(36-64)44-11-13-48(65)14-12-44)40-72-28-30-73(31-29-72)49-15-18-53(58(34-49)84-50-33-45-23-25-66-60(45)68-38-50)61(77)70-85(82,83)51-16-19-55(57(35-51)75(80)81)67-37-43-9-7-27-71(39-43)26-6-4-3-5-8-42-10-17-52-47(32-42)41-74(63(52)79)56-20-21-59(76)69-62(56)78/h10-19,23,25,32-35,38,43,56,67H,3-4,6-7,9,20-22,24,26-31,36-37,39-41H2,1-2H3,(H,66,68)(H,70,77)(H,69,76,78). The maximum absolute atomic E-state index is 14.2.